The van der Waals surface area contributed by atoms with Crippen LogP contribution in [-0.2, 0) is 72.0 Å². The zero-order chi connectivity index (χ0) is 79.8. The van der Waals surface area contributed by atoms with Crippen molar-refractivity contribution in [3.8, 4) is 0 Å². The number of unbranched alkanes of at least 4 members (excludes halogenated alkanes) is 3. The lowest BCUT2D eigenvalue weighted by Crippen LogP contribution is -2.61. The van der Waals surface area contributed by atoms with Crippen LogP contribution in [0.15, 0.2) is 91.3 Å². The predicted octanol–water partition coefficient (Wildman–Crippen LogP) is 0.967. The highest BCUT2D eigenvalue weighted by Crippen LogP contribution is 2.23. The molecule has 0 aliphatic carbocycles. The third kappa shape index (κ3) is 28.5. The van der Waals surface area contributed by atoms with Crippen LogP contribution in [0.3, 0.4) is 0 Å². The van der Waals surface area contributed by atoms with Gasteiger partial charge in [-0.3, -0.25) is 57.7 Å². The number of amides is 11. The van der Waals surface area contributed by atoms with Crippen molar-refractivity contribution in [1.29, 1.82) is 0 Å². The molecule has 1 saturated heterocycles. The van der Waals surface area contributed by atoms with Gasteiger partial charge >= 0.3 is 0 Å². The van der Waals surface area contributed by atoms with E-state index in [-0.39, 0.29) is 113 Å². The van der Waals surface area contributed by atoms with Gasteiger partial charge in [-0.25, -0.2) is 10.2 Å². The second-order valence-electron chi connectivity index (χ2n) is 28.1. The summed E-state index contributed by atoms with van der Waals surface area (Å²) in [5.41, 5.74) is 18.7. The summed E-state index contributed by atoms with van der Waals surface area (Å²) in [5, 5.41) is 60.4. The molecule has 10 atom stereocenters. The maximum atomic E-state index is 15.1. The Labute approximate surface area is 643 Å². The van der Waals surface area contributed by atoms with Crippen LogP contribution in [0, 0.1) is 5.92 Å². The zero-order valence-electron chi connectivity index (χ0n) is 63.0. The number of H-pyrrole nitrogens is 2. The lowest BCUT2D eigenvalue weighted by Gasteiger charge is -2.31. The topological polar surface area (TPSA) is 530 Å². The number of halogens is 1. The van der Waals surface area contributed by atoms with Crippen LogP contribution in [0.1, 0.15) is 135 Å². The zero-order valence-corrected chi connectivity index (χ0v) is 63.7. The molecule has 1 aliphatic rings. The number of aromatic amines is 2. The van der Waals surface area contributed by atoms with Gasteiger partial charge < -0.3 is 91.0 Å². The number of likely N-dealkylation sites (tertiary alicyclic amines) is 1. The normalized spacial score (nSPS) is 15.1. The van der Waals surface area contributed by atoms with E-state index in [1.165, 1.54) is 31.1 Å². The Bertz CT molecular complexity index is 4030. The number of aromatic nitrogens is 7. The molecule has 3 aromatic carbocycles. The number of hydrogen-bond acceptors (Lipinski definition) is 22. The van der Waals surface area contributed by atoms with Gasteiger partial charge in [0.2, 0.25) is 88.8 Å². The fraction of sp³-hybridized carbons (Fsp3) is 0.514. The molecule has 21 N–H and O–H groups in total. The predicted molar refractivity (Wildman–Crippen MR) is 413 cm³/mol. The van der Waals surface area contributed by atoms with Gasteiger partial charge in [-0.1, -0.05) is 100.0 Å². The summed E-state index contributed by atoms with van der Waals surface area (Å²) in [4.78, 5) is 170. The van der Waals surface area contributed by atoms with Crippen molar-refractivity contribution in [3.05, 3.63) is 113 Å². The molecule has 0 saturated carbocycles. The number of aliphatic hydroxyl groups is 1. The summed E-state index contributed by atoms with van der Waals surface area (Å²) in [5.74, 6) is -8.08. The lowest BCUT2D eigenvalue weighted by atomic mass is 9.99. The summed E-state index contributed by atoms with van der Waals surface area (Å²) in [6.45, 7) is 10.7. The number of anilines is 4. The fourth-order valence-electron chi connectivity index (χ4n) is 12.5. The molecular formula is C74H106ClN23O12. The van der Waals surface area contributed by atoms with Crippen molar-refractivity contribution in [2.24, 2.45) is 11.7 Å². The molecule has 0 spiro atoms. The van der Waals surface area contributed by atoms with Gasteiger partial charge in [0.1, 0.15) is 60.4 Å². The molecule has 3 aromatic heterocycles. The van der Waals surface area contributed by atoms with E-state index in [0.29, 0.717) is 66.8 Å². The number of rotatable bonds is 46. The highest BCUT2D eigenvalue weighted by Gasteiger charge is 2.40. The molecule has 0 radical (unpaired) electrons. The fourth-order valence-corrected chi connectivity index (χ4v) is 12.6. The van der Waals surface area contributed by atoms with Crippen molar-refractivity contribution in [1.82, 2.24) is 93.4 Å². The first-order chi connectivity index (χ1) is 52.6. The number of nitrogens with two attached hydrogens (primary N) is 3. The van der Waals surface area contributed by atoms with Gasteiger partial charge in [-0.15, -0.1) is 10.2 Å². The third-order valence-corrected chi connectivity index (χ3v) is 18.5. The van der Waals surface area contributed by atoms with Gasteiger partial charge in [0.05, 0.1) is 6.61 Å². The molecule has 0 unspecified atom stereocenters. The molecule has 0 bridgehead atoms. The summed E-state index contributed by atoms with van der Waals surface area (Å²) >= 11 is 6.26. The maximum absolute atomic E-state index is 15.1. The average Bonchev–Trinajstić information content (AvgIpc) is 1.59. The standard InChI is InChI=1S/C74H106ClN23O12/c1-42(2)35-55(64(104)87-54(22-11-12-31-80-43(3)4)70(110)98-34-16-23-60(98)69(109)83-44(5)61(76)101)88-63(103)53(21-10-14-33-82-74-93-72(78)95-97-74)85-62(102)52(20-9-13-32-81-73-92-71(77)94-96-73)86-68(108)59(41-99)91-67(107)58(39-48-17-15-30-79-40-48)90-66(106)57(37-46-25-28-51(75)29-26-46)89-65(105)56(84-45(6)100)38-47-24-27-49-18-7-8-19-50(49)36-47/h7-8,15,17-19,24-30,36,40,42-44,52-60,80,99H,9-14,16,20-23,31-35,37-39,41H2,1-6H3,(H2,76,101)(H,83,109)(H,84,100)(H,85,102)(H,86,108)(H,87,104)(H,88,103)(H,89,105)(H,90,106)(H,91,107)(H4,77,81,92,94,96)(H4,78,82,93,95,97)/t44-,52-,53-,54-,55-,56+,57-,58+,59-,60+/m0/s1. The van der Waals surface area contributed by atoms with E-state index >= 15 is 9.59 Å². The summed E-state index contributed by atoms with van der Waals surface area (Å²) in [7, 11) is 0. The van der Waals surface area contributed by atoms with Crippen LogP contribution in [0.2, 0.25) is 5.02 Å². The Morgan fingerprint density at radius 2 is 1.03 bits per heavy atom. The van der Waals surface area contributed by atoms with Crippen molar-refractivity contribution in [2.75, 3.05) is 54.9 Å². The Kier molecular flexibility index (Phi) is 34.3. The summed E-state index contributed by atoms with van der Waals surface area (Å²) in [6.07, 6.45) is 5.77. The van der Waals surface area contributed by atoms with E-state index in [0.717, 1.165) is 10.8 Å². The van der Waals surface area contributed by atoms with Crippen molar-refractivity contribution >= 4 is 111 Å². The number of hydrogen-bond donors (Lipinski definition) is 18. The van der Waals surface area contributed by atoms with Crippen LogP contribution in [0.25, 0.3) is 10.8 Å². The van der Waals surface area contributed by atoms with Gasteiger partial charge in [-0.2, -0.15) is 9.97 Å². The van der Waals surface area contributed by atoms with Crippen LogP contribution < -0.4 is 81.0 Å². The Hall–Kier alpha value is -11.1. The van der Waals surface area contributed by atoms with E-state index in [1.54, 1.807) is 36.4 Å². The largest absolute Gasteiger partial charge is 0.394 e. The second kappa shape index (κ2) is 43.8. The molecule has 1 fully saturated rings. The number of primary amides is 1. The lowest BCUT2D eigenvalue weighted by molar-refractivity contribution is -0.142. The molecule has 596 valence electrons. The summed E-state index contributed by atoms with van der Waals surface area (Å²) < 4.78 is 0. The van der Waals surface area contributed by atoms with Crippen LogP contribution in [-0.4, -0.2) is 210 Å². The molecule has 1 aliphatic heterocycles. The molecule has 110 heavy (non-hydrogen) atoms. The number of benzene rings is 3. The molecule has 6 aromatic rings. The first kappa shape index (κ1) is 86.2. The van der Waals surface area contributed by atoms with E-state index in [1.807, 2.05) is 70.2 Å². The molecule has 35 nitrogen and oxygen atoms in total. The molecule has 4 heterocycles. The quantitative estimate of drug-likeness (QED) is 0.0237. The number of carbonyl (C=O) groups excluding carboxylic acids is 11. The molecular weight excluding hydrogens is 1440 g/mol. The number of nitrogen functional groups attached to an aromatic ring is 2. The van der Waals surface area contributed by atoms with E-state index in [9.17, 15) is 48.3 Å². The van der Waals surface area contributed by atoms with E-state index < -0.39 is 132 Å². The minimum Gasteiger partial charge on any atom is -0.394 e. The van der Waals surface area contributed by atoms with Crippen LogP contribution >= 0.6 is 11.6 Å². The number of nitrogens with one attached hydrogen (secondary N) is 14. The minimum absolute atomic E-state index is 0.0376. The SMILES string of the molecule is CC(=O)N[C@H](Cc1ccc2ccccc2c1)C(=O)N[C@@H](Cc1ccc(Cl)cc1)C(=O)N[C@H](Cc1cccnc1)C(=O)N[C@@H](CO)C(=O)N[C@@H](CCCCNc1n[nH]c(N)n1)C(=O)N[C@@H](CCCCNc1n[nH]c(N)n1)C(=O)N[C@@H](CC(C)C)C(=O)N[C@@H](CCCCNC(C)C)C(=O)N1CCC[C@@H]1C(=O)N[C@@H](C)C(N)=O. The maximum Gasteiger partial charge on any atom is 0.245 e. The molecule has 11 amide bonds. The average molecular weight is 1550 g/mol. The number of pyridine rings is 1. The van der Waals surface area contributed by atoms with E-state index in [2.05, 4.69) is 99.1 Å². The van der Waals surface area contributed by atoms with Crippen molar-refractivity contribution < 1.29 is 57.8 Å². The molecule has 36 heteroatoms. The number of nitrogens with zero attached hydrogens (tertiary/aromatic N) is 6. The number of fused-ring (bicyclic) bond motifs is 1. The number of aliphatic hydroxyl groups excluding tert-OH is 1. The van der Waals surface area contributed by atoms with Crippen molar-refractivity contribution in [2.45, 2.75) is 204 Å². The monoisotopic (exact) mass is 1540 g/mol. The van der Waals surface area contributed by atoms with Gasteiger partial charge in [0.15, 0.2) is 0 Å². The number of carbonyl (C=O) groups is 11. The van der Waals surface area contributed by atoms with Crippen LogP contribution in [0.5, 0.6) is 0 Å². The van der Waals surface area contributed by atoms with Crippen LogP contribution in [0.4, 0.5) is 23.8 Å². The van der Waals surface area contributed by atoms with Crippen molar-refractivity contribution in [3.63, 3.8) is 0 Å². The highest BCUT2D eigenvalue weighted by atomic mass is 35.5. The second-order valence-corrected chi connectivity index (χ2v) is 28.6. The minimum atomic E-state index is -1.80. The van der Waals surface area contributed by atoms with Gasteiger partial charge in [-0.05, 0) is 142 Å². The Morgan fingerprint density at radius 3 is 1.55 bits per heavy atom. The van der Waals surface area contributed by atoms with E-state index in [4.69, 9.17) is 28.8 Å². The third-order valence-electron chi connectivity index (χ3n) is 18.3. The first-order valence-corrected chi connectivity index (χ1v) is 37.6. The first-order valence-electron chi connectivity index (χ1n) is 37.2. The van der Waals surface area contributed by atoms with Gasteiger partial charge in [0.25, 0.3) is 0 Å². The summed E-state index contributed by atoms with van der Waals surface area (Å²) in [6, 6.07) is 9.98. The van der Waals surface area contributed by atoms with Gasteiger partial charge in [0, 0.05) is 69.3 Å². The molecule has 7 rings (SSSR count). The Balaban J connectivity index is 1.14. The highest BCUT2D eigenvalue weighted by molar-refractivity contribution is 6.30. The Morgan fingerprint density at radius 1 is 0.545 bits per heavy atom. The smallest absolute Gasteiger partial charge is 0.245 e.